The van der Waals surface area contributed by atoms with Crippen LogP contribution in [-0.4, -0.2) is 10.2 Å². The van der Waals surface area contributed by atoms with E-state index in [2.05, 4.69) is 25.2 Å². The number of amides is 1. The zero-order valence-corrected chi connectivity index (χ0v) is 13.3. The summed E-state index contributed by atoms with van der Waals surface area (Å²) in [6.07, 6.45) is 3.32. The van der Waals surface area contributed by atoms with Crippen LogP contribution in [0.3, 0.4) is 0 Å². The number of carbonyl (C=O) groups is 1. The number of nitrogens with one attached hydrogen (secondary N) is 1. The standard InChI is InChI=1S/C16H14N2OS2/c1-10(2)13-5-3-11(4-6-13)7-12(9-17)8-14-15(19)18-16(20)21-14/h3-8,10H,1-2H3,(H,18,19,20)/b12-7-,14-8-. The van der Waals surface area contributed by atoms with Gasteiger partial charge in [-0.15, -0.1) is 0 Å². The molecule has 1 fully saturated rings. The number of allylic oxidation sites excluding steroid dienone is 2. The Bertz CT molecular complexity index is 679. The van der Waals surface area contributed by atoms with E-state index in [0.29, 0.717) is 20.7 Å². The fraction of sp³-hybridized carbons (Fsp3) is 0.188. The van der Waals surface area contributed by atoms with Gasteiger partial charge in [0.15, 0.2) is 0 Å². The van der Waals surface area contributed by atoms with E-state index in [1.54, 1.807) is 12.2 Å². The van der Waals surface area contributed by atoms with Crippen LogP contribution in [0.25, 0.3) is 6.08 Å². The first-order chi connectivity index (χ1) is 9.99. The lowest BCUT2D eigenvalue weighted by Crippen LogP contribution is -2.17. The summed E-state index contributed by atoms with van der Waals surface area (Å²) in [7, 11) is 0. The van der Waals surface area contributed by atoms with Crippen LogP contribution in [0.15, 0.2) is 40.8 Å². The third kappa shape index (κ3) is 4.03. The topological polar surface area (TPSA) is 52.9 Å². The van der Waals surface area contributed by atoms with Crippen molar-refractivity contribution in [1.82, 2.24) is 5.32 Å². The van der Waals surface area contributed by atoms with Crippen LogP contribution < -0.4 is 5.32 Å². The van der Waals surface area contributed by atoms with Gasteiger partial charge in [0.05, 0.1) is 16.5 Å². The number of hydrogen-bond acceptors (Lipinski definition) is 4. The SMILES string of the molecule is CC(C)c1ccc(/C=C(C#N)/C=C2\SC(=S)NC2=O)cc1. The second-order valence-electron chi connectivity index (χ2n) is 4.89. The molecule has 106 valence electrons. The largest absolute Gasteiger partial charge is 0.307 e. The van der Waals surface area contributed by atoms with Crippen LogP contribution in [-0.2, 0) is 4.79 Å². The van der Waals surface area contributed by atoms with Gasteiger partial charge in [-0.05, 0) is 29.2 Å². The van der Waals surface area contributed by atoms with Crippen LogP contribution in [0, 0.1) is 11.3 Å². The summed E-state index contributed by atoms with van der Waals surface area (Å²) < 4.78 is 0.421. The molecule has 1 N–H and O–H groups in total. The van der Waals surface area contributed by atoms with E-state index in [1.807, 2.05) is 24.3 Å². The van der Waals surface area contributed by atoms with Crippen LogP contribution >= 0.6 is 24.0 Å². The number of hydrogen-bond donors (Lipinski definition) is 1. The molecule has 0 bridgehead atoms. The zero-order chi connectivity index (χ0) is 15.4. The Morgan fingerprint density at radius 1 is 1.38 bits per heavy atom. The van der Waals surface area contributed by atoms with Gasteiger partial charge in [-0.1, -0.05) is 62.1 Å². The summed E-state index contributed by atoms with van der Waals surface area (Å²) in [4.78, 5) is 12.0. The molecule has 0 aromatic heterocycles. The fourth-order valence-corrected chi connectivity index (χ4v) is 2.86. The minimum absolute atomic E-state index is 0.249. The lowest BCUT2D eigenvalue weighted by molar-refractivity contribution is -0.115. The molecule has 1 aromatic rings. The van der Waals surface area contributed by atoms with Crippen molar-refractivity contribution in [2.24, 2.45) is 0 Å². The third-order valence-electron chi connectivity index (χ3n) is 2.98. The maximum Gasteiger partial charge on any atom is 0.263 e. The van der Waals surface area contributed by atoms with Crippen LogP contribution in [0.4, 0.5) is 0 Å². The number of rotatable bonds is 3. The molecule has 0 saturated carbocycles. The molecule has 1 amide bonds. The smallest absolute Gasteiger partial charge is 0.263 e. The average Bonchev–Trinajstić information content (AvgIpc) is 2.76. The van der Waals surface area contributed by atoms with Gasteiger partial charge in [-0.3, -0.25) is 4.79 Å². The number of thiocarbonyl (C=S) groups is 1. The van der Waals surface area contributed by atoms with E-state index >= 15 is 0 Å². The molecule has 0 atom stereocenters. The minimum Gasteiger partial charge on any atom is -0.307 e. The Morgan fingerprint density at radius 3 is 2.52 bits per heavy atom. The zero-order valence-electron chi connectivity index (χ0n) is 11.7. The number of carbonyl (C=O) groups excluding carboxylic acids is 1. The second-order valence-corrected chi connectivity index (χ2v) is 6.60. The first-order valence-electron chi connectivity index (χ1n) is 6.46. The Morgan fingerprint density at radius 2 is 2.05 bits per heavy atom. The monoisotopic (exact) mass is 314 g/mol. The predicted octanol–water partition coefficient (Wildman–Crippen LogP) is 3.75. The van der Waals surface area contributed by atoms with Crippen molar-refractivity contribution in [3.63, 3.8) is 0 Å². The molecule has 1 aromatic carbocycles. The Labute approximate surface area is 133 Å². The van der Waals surface area contributed by atoms with Gasteiger partial charge < -0.3 is 5.32 Å². The quantitative estimate of drug-likeness (QED) is 0.524. The van der Waals surface area contributed by atoms with Gasteiger partial charge in [0.1, 0.15) is 4.32 Å². The highest BCUT2D eigenvalue weighted by Crippen LogP contribution is 2.25. The Hall–Kier alpha value is -1.90. The maximum absolute atomic E-state index is 11.6. The number of nitriles is 1. The number of benzene rings is 1. The Balaban J connectivity index is 2.25. The summed E-state index contributed by atoms with van der Waals surface area (Å²) in [6.45, 7) is 4.27. The summed E-state index contributed by atoms with van der Waals surface area (Å²) >= 11 is 6.09. The van der Waals surface area contributed by atoms with Crippen LogP contribution in [0.2, 0.25) is 0 Å². The number of nitrogens with zero attached hydrogens (tertiary/aromatic N) is 1. The molecule has 0 spiro atoms. The molecule has 1 aliphatic heterocycles. The van der Waals surface area contributed by atoms with E-state index in [-0.39, 0.29) is 5.91 Å². The number of thioether (sulfide) groups is 1. The first kappa shape index (κ1) is 15.5. The summed E-state index contributed by atoms with van der Waals surface area (Å²) in [5, 5.41) is 11.7. The molecule has 21 heavy (non-hydrogen) atoms. The van der Waals surface area contributed by atoms with Crippen molar-refractivity contribution in [3.8, 4) is 6.07 Å². The molecule has 1 aliphatic rings. The van der Waals surface area contributed by atoms with Gasteiger partial charge in [0, 0.05) is 0 Å². The normalized spacial score (nSPS) is 17.2. The summed E-state index contributed by atoms with van der Waals surface area (Å²) in [5.41, 5.74) is 2.61. The van der Waals surface area contributed by atoms with E-state index in [1.165, 1.54) is 17.3 Å². The molecule has 1 saturated heterocycles. The molecule has 3 nitrogen and oxygen atoms in total. The van der Waals surface area contributed by atoms with Gasteiger partial charge in [0.2, 0.25) is 0 Å². The molecule has 0 radical (unpaired) electrons. The van der Waals surface area contributed by atoms with Crippen molar-refractivity contribution >= 4 is 40.3 Å². The van der Waals surface area contributed by atoms with Gasteiger partial charge in [-0.2, -0.15) is 5.26 Å². The average molecular weight is 314 g/mol. The highest BCUT2D eigenvalue weighted by molar-refractivity contribution is 8.26. The highest BCUT2D eigenvalue weighted by atomic mass is 32.2. The van der Waals surface area contributed by atoms with Gasteiger partial charge >= 0.3 is 0 Å². The van der Waals surface area contributed by atoms with Crippen molar-refractivity contribution in [2.75, 3.05) is 0 Å². The predicted molar refractivity (Wildman–Crippen MR) is 90.5 cm³/mol. The molecule has 0 unspecified atom stereocenters. The van der Waals surface area contributed by atoms with Gasteiger partial charge in [-0.25, -0.2) is 0 Å². The Kier molecular flexibility index (Phi) is 4.94. The van der Waals surface area contributed by atoms with Crippen molar-refractivity contribution in [3.05, 3.63) is 51.9 Å². The molecular weight excluding hydrogens is 300 g/mol. The molecular formula is C16H14N2OS2. The fourth-order valence-electron chi connectivity index (χ4n) is 1.83. The molecule has 0 aliphatic carbocycles. The van der Waals surface area contributed by atoms with E-state index in [0.717, 1.165) is 5.56 Å². The van der Waals surface area contributed by atoms with Crippen LogP contribution in [0.1, 0.15) is 30.9 Å². The maximum atomic E-state index is 11.6. The second kappa shape index (κ2) is 6.70. The highest BCUT2D eigenvalue weighted by Gasteiger charge is 2.22. The third-order valence-corrected chi connectivity index (χ3v) is 4.15. The van der Waals surface area contributed by atoms with E-state index < -0.39 is 0 Å². The van der Waals surface area contributed by atoms with Crippen molar-refractivity contribution in [2.45, 2.75) is 19.8 Å². The lowest BCUT2D eigenvalue weighted by atomic mass is 10.0. The van der Waals surface area contributed by atoms with Crippen LogP contribution in [0.5, 0.6) is 0 Å². The molecule has 1 heterocycles. The van der Waals surface area contributed by atoms with E-state index in [9.17, 15) is 10.1 Å². The molecule has 5 heteroatoms. The van der Waals surface area contributed by atoms with Crippen molar-refractivity contribution in [1.29, 1.82) is 5.26 Å². The molecule has 2 rings (SSSR count). The van der Waals surface area contributed by atoms with Crippen molar-refractivity contribution < 1.29 is 4.79 Å². The first-order valence-corrected chi connectivity index (χ1v) is 7.68. The lowest BCUT2D eigenvalue weighted by Gasteiger charge is -2.04. The minimum atomic E-state index is -0.249. The van der Waals surface area contributed by atoms with E-state index in [4.69, 9.17) is 12.2 Å². The van der Waals surface area contributed by atoms with Gasteiger partial charge in [0.25, 0.3) is 5.91 Å². The summed E-state index contributed by atoms with van der Waals surface area (Å²) in [6, 6.07) is 10.1. The summed E-state index contributed by atoms with van der Waals surface area (Å²) in [5.74, 6) is 0.224.